The third kappa shape index (κ3) is 2.39. The molecule has 6 heteroatoms. The molecule has 3 N–H and O–H groups in total. The van der Waals surface area contributed by atoms with Gasteiger partial charge in [-0.15, -0.1) is 0 Å². The van der Waals surface area contributed by atoms with Crippen LogP contribution in [0, 0.1) is 0 Å². The van der Waals surface area contributed by atoms with E-state index in [0.717, 1.165) is 0 Å². The molecule has 1 aromatic carbocycles. The molecule has 88 valence electrons. The van der Waals surface area contributed by atoms with Crippen LogP contribution in [0.1, 0.15) is 10.4 Å². The van der Waals surface area contributed by atoms with E-state index in [4.69, 9.17) is 17.3 Å². The molecule has 0 aliphatic heterocycles. The molecule has 0 aliphatic rings. The van der Waals surface area contributed by atoms with Crippen LogP contribution in [0.3, 0.4) is 0 Å². The van der Waals surface area contributed by atoms with Crippen molar-refractivity contribution >= 4 is 29.0 Å². The molecular formula is C11H11ClN4O. The number of hydrogen-bond donors (Lipinski definition) is 2. The summed E-state index contributed by atoms with van der Waals surface area (Å²) >= 11 is 5.74. The van der Waals surface area contributed by atoms with Crippen molar-refractivity contribution in [2.75, 3.05) is 11.1 Å². The second-order valence-corrected chi connectivity index (χ2v) is 3.97. The molecule has 0 fully saturated rings. The van der Waals surface area contributed by atoms with Crippen molar-refractivity contribution in [1.29, 1.82) is 0 Å². The van der Waals surface area contributed by atoms with Crippen LogP contribution < -0.4 is 11.1 Å². The normalized spacial score (nSPS) is 10.2. The summed E-state index contributed by atoms with van der Waals surface area (Å²) in [7, 11) is 1.70. The standard InChI is InChI=1S/C11H11ClN4O/c1-16-10(9(13)6-14-16)15-11(17)7-2-4-8(12)5-3-7/h2-6H,13H2,1H3,(H,15,17). The van der Waals surface area contributed by atoms with Crippen LogP contribution in [-0.2, 0) is 7.05 Å². The molecular weight excluding hydrogens is 240 g/mol. The van der Waals surface area contributed by atoms with E-state index >= 15 is 0 Å². The highest BCUT2D eigenvalue weighted by atomic mass is 35.5. The monoisotopic (exact) mass is 250 g/mol. The Kier molecular flexibility index (Phi) is 3.01. The number of aromatic nitrogens is 2. The Bertz CT molecular complexity index is 528. The SMILES string of the molecule is Cn1ncc(N)c1NC(=O)c1ccc(Cl)cc1. The Morgan fingerprint density at radius 3 is 2.59 bits per heavy atom. The van der Waals surface area contributed by atoms with Gasteiger partial charge in [-0.1, -0.05) is 11.6 Å². The third-order valence-electron chi connectivity index (χ3n) is 2.31. The molecule has 5 nitrogen and oxygen atoms in total. The highest BCUT2D eigenvalue weighted by Gasteiger charge is 2.11. The largest absolute Gasteiger partial charge is 0.394 e. The fourth-order valence-corrected chi connectivity index (χ4v) is 1.51. The van der Waals surface area contributed by atoms with Gasteiger partial charge in [-0.2, -0.15) is 5.10 Å². The van der Waals surface area contributed by atoms with Gasteiger partial charge in [-0.25, -0.2) is 0 Å². The van der Waals surface area contributed by atoms with Crippen molar-refractivity contribution in [2.24, 2.45) is 7.05 Å². The fraction of sp³-hybridized carbons (Fsp3) is 0.0909. The van der Waals surface area contributed by atoms with Gasteiger partial charge in [0.25, 0.3) is 5.91 Å². The maximum atomic E-state index is 11.9. The zero-order valence-corrected chi connectivity index (χ0v) is 9.90. The van der Waals surface area contributed by atoms with Crippen molar-refractivity contribution in [2.45, 2.75) is 0 Å². The molecule has 0 atom stereocenters. The van der Waals surface area contributed by atoms with E-state index < -0.39 is 0 Å². The third-order valence-corrected chi connectivity index (χ3v) is 2.56. The summed E-state index contributed by atoms with van der Waals surface area (Å²) in [5.41, 5.74) is 6.61. The van der Waals surface area contributed by atoms with E-state index in [9.17, 15) is 4.79 Å². The number of carbonyl (C=O) groups is 1. The zero-order valence-electron chi connectivity index (χ0n) is 9.14. The number of aryl methyl sites for hydroxylation is 1. The second-order valence-electron chi connectivity index (χ2n) is 3.53. The summed E-state index contributed by atoms with van der Waals surface area (Å²) in [4.78, 5) is 11.9. The molecule has 1 heterocycles. The zero-order chi connectivity index (χ0) is 12.4. The number of anilines is 2. The molecule has 17 heavy (non-hydrogen) atoms. The number of benzene rings is 1. The van der Waals surface area contributed by atoms with Gasteiger partial charge in [0, 0.05) is 17.6 Å². The first-order chi connectivity index (χ1) is 8.08. The number of nitrogens with two attached hydrogens (primary N) is 1. The Morgan fingerprint density at radius 2 is 2.06 bits per heavy atom. The lowest BCUT2D eigenvalue weighted by atomic mass is 10.2. The minimum absolute atomic E-state index is 0.253. The Morgan fingerprint density at radius 1 is 1.41 bits per heavy atom. The lowest BCUT2D eigenvalue weighted by Gasteiger charge is -2.06. The van der Waals surface area contributed by atoms with Crippen molar-refractivity contribution in [3.63, 3.8) is 0 Å². The highest BCUT2D eigenvalue weighted by Crippen LogP contribution is 2.17. The summed E-state index contributed by atoms with van der Waals surface area (Å²) in [6, 6.07) is 6.60. The van der Waals surface area contributed by atoms with Crippen LogP contribution in [0.25, 0.3) is 0 Å². The van der Waals surface area contributed by atoms with Gasteiger partial charge in [0.2, 0.25) is 0 Å². The number of nitrogen functional groups attached to an aromatic ring is 1. The highest BCUT2D eigenvalue weighted by molar-refractivity contribution is 6.30. The Labute approximate surface area is 103 Å². The van der Waals surface area contributed by atoms with Crippen LogP contribution in [0.5, 0.6) is 0 Å². The molecule has 1 amide bonds. The van der Waals surface area contributed by atoms with Gasteiger partial charge >= 0.3 is 0 Å². The van der Waals surface area contributed by atoms with E-state index in [1.54, 1.807) is 31.3 Å². The summed E-state index contributed by atoms with van der Waals surface area (Å²) in [6.07, 6.45) is 1.48. The van der Waals surface area contributed by atoms with Gasteiger partial charge in [-0.05, 0) is 24.3 Å². The minimum atomic E-state index is -0.253. The first-order valence-corrected chi connectivity index (χ1v) is 5.30. The van der Waals surface area contributed by atoms with Gasteiger partial charge in [0.1, 0.15) is 0 Å². The average molecular weight is 251 g/mol. The maximum absolute atomic E-state index is 11.9. The molecule has 1 aromatic heterocycles. The van der Waals surface area contributed by atoms with E-state index in [2.05, 4.69) is 10.4 Å². The van der Waals surface area contributed by atoms with Crippen molar-refractivity contribution < 1.29 is 4.79 Å². The summed E-state index contributed by atoms with van der Waals surface area (Å²) < 4.78 is 1.50. The Hall–Kier alpha value is -2.01. The smallest absolute Gasteiger partial charge is 0.256 e. The predicted molar refractivity (Wildman–Crippen MR) is 67.0 cm³/mol. The lowest BCUT2D eigenvalue weighted by Crippen LogP contribution is -2.15. The van der Waals surface area contributed by atoms with E-state index in [1.807, 2.05) is 0 Å². The lowest BCUT2D eigenvalue weighted by molar-refractivity contribution is 0.102. The molecule has 0 saturated heterocycles. The number of nitrogens with one attached hydrogen (secondary N) is 1. The Balaban J connectivity index is 2.20. The van der Waals surface area contributed by atoms with Crippen molar-refractivity contribution in [3.05, 3.63) is 41.0 Å². The molecule has 0 aliphatic carbocycles. The van der Waals surface area contributed by atoms with E-state index in [0.29, 0.717) is 22.1 Å². The molecule has 2 aromatic rings. The molecule has 0 radical (unpaired) electrons. The number of carbonyl (C=O) groups excluding carboxylic acids is 1. The van der Waals surface area contributed by atoms with Crippen LogP contribution in [0.4, 0.5) is 11.5 Å². The van der Waals surface area contributed by atoms with Gasteiger partial charge in [-0.3, -0.25) is 9.48 Å². The molecule has 2 rings (SSSR count). The van der Waals surface area contributed by atoms with Gasteiger partial charge in [0.15, 0.2) is 5.82 Å². The fourth-order valence-electron chi connectivity index (χ4n) is 1.39. The second kappa shape index (κ2) is 4.47. The van der Waals surface area contributed by atoms with Gasteiger partial charge < -0.3 is 11.1 Å². The van der Waals surface area contributed by atoms with E-state index in [1.165, 1.54) is 10.9 Å². The quantitative estimate of drug-likeness (QED) is 0.855. The van der Waals surface area contributed by atoms with Crippen LogP contribution in [0.2, 0.25) is 5.02 Å². The summed E-state index contributed by atoms with van der Waals surface area (Å²) in [6.45, 7) is 0. The minimum Gasteiger partial charge on any atom is -0.394 e. The maximum Gasteiger partial charge on any atom is 0.256 e. The van der Waals surface area contributed by atoms with Crippen LogP contribution in [0.15, 0.2) is 30.5 Å². The first kappa shape index (κ1) is 11.5. The number of halogens is 1. The number of rotatable bonds is 2. The van der Waals surface area contributed by atoms with E-state index in [-0.39, 0.29) is 5.91 Å². The molecule has 0 spiro atoms. The molecule has 0 bridgehead atoms. The van der Waals surface area contributed by atoms with Crippen molar-refractivity contribution in [1.82, 2.24) is 9.78 Å². The first-order valence-electron chi connectivity index (χ1n) is 4.92. The topological polar surface area (TPSA) is 72.9 Å². The van der Waals surface area contributed by atoms with Crippen LogP contribution >= 0.6 is 11.6 Å². The average Bonchev–Trinajstić information content (AvgIpc) is 2.61. The molecule has 0 unspecified atom stereocenters. The summed E-state index contributed by atoms with van der Waals surface area (Å²) in [5, 5.41) is 7.21. The van der Waals surface area contributed by atoms with Crippen molar-refractivity contribution in [3.8, 4) is 0 Å². The predicted octanol–water partition coefficient (Wildman–Crippen LogP) is 1.91. The van der Waals surface area contributed by atoms with Gasteiger partial charge in [0.05, 0.1) is 11.9 Å². The number of nitrogens with zero attached hydrogens (tertiary/aromatic N) is 2. The number of amides is 1. The van der Waals surface area contributed by atoms with Crippen LogP contribution in [-0.4, -0.2) is 15.7 Å². The molecule has 0 saturated carbocycles. The number of hydrogen-bond acceptors (Lipinski definition) is 3. The summed E-state index contributed by atoms with van der Waals surface area (Å²) in [5.74, 6) is 0.224.